The largest absolute Gasteiger partial charge is 0.381 e. The van der Waals surface area contributed by atoms with Crippen molar-refractivity contribution >= 4 is 22.3 Å². The number of nitrogens with zero attached hydrogens (tertiary/aromatic N) is 3. The molecule has 2 heterocycles. The highest BCUT2D eigenvalue weighted by Gasteiger charge is 2.14. The van der Waals surface area contributed by atoms with Gasteiger partial charge in [0.15, 0.2) is 0 Å². The van der Waals surface area contributed by atoms with E-state index in [2.05, 4.69) is 65.5 Å². The molecule has 0 saturated carbocycles. The summed E-state index contributed by atoms with van der Waals surface area (Å²) in [5.74, 6) is 0. The van der Waals surface area contributed by atoms with E-state index in [1.54, 1.807) is 0 Å². The highest BCUT2D eigenvalue weighted by Crippen LogP contribution is 2.20. The summed E-state index contributed by atoms with van der Waals surface area (Å²) in [7, 11) is 2.17. The number of piperazine rings is 1. The van der Waals surface area contributed by atoms with Crippen LogP contribution in [0.15, 0.2) is 53.3 Å². The fourth-order valence-electron chi connectivity index (χ4n) is 4.06. The van der Waals surface area contributed by atoms with Gasteiger partial charge in [-0.1, -0.05) is 11.6 Å². The first-order valence-corrected chi connectivity index (χ1v) is 10.5. The van der Waals surface area contributed by atoms with Crippen LogP contribution in [0.25, 0.3) is 10.9 Å². The van der Waals surface area contributed by atoms with Crippen molar-refractivity contribution in [2.24, 2.45) is 0 Å². The predicted octanol–water partition coefficient (Wildman–Crippen LogP) is 3.69. The normalized spacial score (nSPS) is 15.1. The van der Waals surface area contributed by atoms with Gasteiger partial charge in [0.25, 0.3) is 5.56 Å². The first-order valence-electron chi connectivity index (χ1n) is 10.5. The van der Waals surface area contributed by atoms with Gasteiger partial charge in [-0.15, -0.1) is 0 Å². The first-order chi connectivity index (χ1) is 14.0. The van der Waals surface area contributed by atoms with Gasteiger partial charge < -0.3 is 19.7 Å². The Kier molecular flexibility index (Phi) is 5.58. The fourth-order valence-corrected chi connectivity index (χ4v) is 4.06. The summed E-state index contributed by atoms with van der Waals surface area (Å²) in [5.41, 5.74) is 5.40. The maximum Gasteiger partial charge on any atom is 0.256 e. The van der Waals surface area contributed by atoms with E-state index in [0.717, 1.165) is 48.3 Å². The second kappa shape index (κ2) is 8.29. The van der Waals surface area contributed by atoms with Crippen LogP contribution < -0.4 is 15.8 Å². The molecule has 1 N–H and O–H groups in total. The van der Waals surface area contributed by atoms with Crippen LogP contribution in [0.1, 0.15) is 18.1 Å². The standard InChI is InChI=1S/C24H30N4O/c1-4-28-23-10-5-18(2)15-19(23)16-20(24(28)29)17-25-21-6-8-22(9-7-21)27-13-11-26(3)12-14-27/h5-10,15-16,25H,4,11-14,17H2,1-3H3. The average molecular weight is 391 g/mol. The number of aromatic nitrogens is 1. The molecule has 0 amide bonds. The summed E-state index contributed by atoms with van der Waals surface area (Å²) >= 11 is 0. The van der Waals surface area contributed by atoms with Gasteiger partial charge in [-0.05, 0) is 68.7 Å². The Labute approximate surface area is 172 Å². The van der Waals surface area contributed by atoms with Crippen LogP contribution in [0.5, 0.6) is 0 Å². The molecule has 0 aliphatic carbocycles. The molecule has 29 heavy (non-hydrogen) atoms. The molecular weight excluding hydrogens is 360 g/mol. The number of fused-ring (bicyclic) bond motifs is 1. The highest BCUT2D eigenvalue weighted by molar-refractivity contribution is 5.80. The lowest BCUT2D eigenvalue weighted by molar-refractivity contribution is 0.313. The molecule has 0 atom stereocenters. The molecule has 3 aromatic rings. The van der Waals surface area contributed by atoms with E-state index in [4.69, 9.17) is 0 Å². The third kappa shape index (κ3) is 4.15. The first kappa shape index (κ1) is 19.5. The number of hydrogen-bond acceptors (Lipinski definition) is 4. The SMILES string of the molecule is CCn1c(=O)c(CNc2ccc(N3CCN(C)CC3)cc2)cc2cc(C)ccc21. The molecule has 1 aliphatic heterocycles. The van der Waals surface area contributed by atoms with E-state index in [0.29, 0.717) is 13.1 Å². The Morgan fingerprint density at radius 3 is 2.38 bits per heavy atom. The van der Waals surface area contributed by atoms with E-state index in [1.807, 2.05) is 23.6 Å². The Morgan fingerprint density at radius 1 is 0.966 bits per heavy atom. The molecule has 1 aromatic heterocycles. The molecule has 1 saturated heterocycles. The minimum absolute atomic E-state index is 0.0883. The van der Waals surface area contributed by atoms with E-state index < -0.39 is 0 Å². The number of nitrogens with one attached hydrogen (secondary N) is 1. The van der Waals surface area contributed by atoms with Crippen molar-refractivity contribution in [2.75, 3.05) is 43.4 Å². The molecule has 0 unspecified atom stereocenters. The average Bonchev–Trinajstić information content (AvgIpc) is 2.73. The van der Waals surface area contributed by atoms with Gasteiger partial charge in [0.2, 0.25) is 0 Å². The van der Waals surface area contributed by atoms with E-state index in [-0.39, 0.29) is 5.56 Å². The van der Waals surface area contributed by atoms with Gasteiger partial charge in [-0.3, -0.25) is 4.79 Å². The topological polar surface area (TPSA) is 40.5 Å². The van der Waals surface area contributed by atoms with Gasteiger partial charge >= 0.3 is 0 Å². The van der Waals surface area contributed by atoms with Crippen molar-refractivity contribution in [3.8, 4) is 0 Å². The molecule has 2 aromatic carbocycles. The van der Waals surface area contributed by atoms with Gasteiger partial charge in [0.1, 0.15) is 0 Å². The predicted molar refractivity (Wildman–Crippen MR) is 122 cm³/mol. The van der Waals surface area contributed by atoms with Gasteiger partial charge in [-0.2, -0.15) is 0 Å². The maximum absolute atomic E-state index is 12.9. The number of hydrogen-bond donors (Lipinski definition) is 1. The quantitative estimate of drug-likeness (QED) is 0.721. The van der Waals surface area contributed by atoms with Crippen molar-refractivity contribution in [1.82, 2.24) is 9.47 Å². The van der Waals surface area contributed by atoms with Crippen molar-refractivity contribution in [1.29, 1.82) is 0 Å². The van der Waals surface area contributed by atoms with E-state index >= 15 is 0 Å². The van der Waals surface area contributed by atoms with Crippen molar-refractivity contribution in [2.45, 2.75) is 26.9 Å². The molecule has 4 rings (SSSR count). The third-order valence-electron chi connectivity index (χ3n) is 5.86. The van der Waals surface area contributed by atoms with Crippen LogP contribution in [-0.2, 0) is 13.1 Å². The van der Waals surface area contributed by atoms with Gasteiger partial charge in [0.05, 0.1) is 5.52 Å². The van der Waals surface area contributed by atoms with Gasteiger partial charge in [-0.25, -0.2) is 0 Å². The number of aryl methyl sites for hydroxylation is 2. The summed E-state index contributed by atoms with van der Waals surface area (Å²) in [6, 6.07) is 16.8. The Hall–Kier alpha value is -2.79. The minimum atomic E-state index is 0.0883. The minimum Gasteiger partial charge on any atom is -0.381 e. The Balaban J connectivity index is 1.51. The fraction of sp³-hybridized carbons (Fsp3) is 0.375. The van der Waals surface area contributed by atoms with Crippen LogP contribution in [0.2, 0.25) is 0 Å². The second-order valence-corrected chi connectivity index (χ2v) is 7.97. The highest BCUT2D eigenvalue weighted by atomic mass is 16.1. The number of rotatable bonds is 5. The van der Waals surface area contributed by atoms with Crippen LogP contribution in [-0.4, -0.2) is 42.7 Å². The molecule has 0 radical (unpaired) electrons. The zero-order valence-electron chi connectivity index (χ0n) is 17.6. The zero-order valence-corrected chi connectivity index (χ0v) is 17.6. The van der Waals surface area contributed by atoms with Crippen LogP contribution in [0.4, 0.5) is 11.4 Å². The number of likely N-dealkylation sites (N-methyl/N-ethyl adjacent to an activating group) is 1. The molecule has 1 aliphatic rings. The smallest absolute Gasteiger partial charge is 0.256 e. The Morgan fingerprint density at radius 2 is 1.69 bits per heavy atom. The third-order valence-corrected chi connectivity index (χ3v) is 5.86. The number of pyridine rings is 1. The lowest BCUT2D eigenvalue weighted by Gasteiger charge is -2.34. The molecule has 1 fully saturated rings. The lowest BCUT2D eigenvalue weighted by Crippen LogP contribution is -2.44. The van der Waals surface area contributed by atoms with Crippen molar-refractivity contribution in [3.05, 3.63) is 70.0 Å². The number of benzene rings is 2. The molecule has 0 spiro atoms. The lowest BCUT2D eigenvalue weighted by atomic mass is 10.1. The van der Waals surface area contributed by atoms with Crippen LogP contribution in [0.3, 0.4) is 0 Å². The van der Waals surface area contributed by atoms with E-state index in [1.165, 1.54) is 11.3 Å². The molecule has 0 bridgehead atoms. The molecular formula is C24H30N4O. The van der Waals surface area contributed by atoms with Crippen molar-refractivity contribution in [3.63, 3.8) is 0 Å². The summed E-state index contributed by atoms with van der Waals surface area (Å²) in [6.07, 6.45) is 0. The second-order valence-electron chi connectivity index (χ2n) is 7.97. The molecule has 5 nitrogen and oxygen atoms in total. The maximum atomic E-state index is 12.9. The summed E-state index contributed by atoms with van der Waals surface area (Å²) in [6.45, 7) is 9.64. The summed E-state index contributed by atoms with van der Waals surface area (Å²) in [4.78, 5) is 17.7. The summed E-state index contributed by atoms with van der Waals surface area (Å²) in [5, 5.41) is 4.55. The van der Waals surface area contributed by atoms with Crippen LogP contribution >= 0.6 is 0 Å². The molecule has 5 heteroatoms. The molecule has 152 valence electrons. The zero-order chi connectivity index (χ0) is 20.4. The number of anilines is 2. The summed E-state index contributed by atoms with van der Waals surface area (Å²) < 4.78 is 1.86. The monoisotopic (exact) mass is 390 g/mol. The van der Waals surface area contributed by atoms with Gasteiger partial charge in [0, 0.05) is 56.2 Å². The van der Waals surface area contributed by atoms with Crippen LogP contribution in [0, 0.1) is 6.92 Å². The van der Waals surface area contributed by atoms with Crippen molar-refractivity contribution < 1.29 is 0 Å². The Bertz CT molecular complexity index is 1050. The van der Waals surface area contributed by atoms with E-state index in [9.17, 15) is 4.79 Å².